The van der Waals surface area contributed by atoms with Gasteiger partial charge in [-0.15, -0.1) is 0 Å². The fourth-order valence-electron chi connectivity index (χ4n) is 2.39. The number of aromatic nitrogens is 1. The molecular formula is C19H15ClN2O4. The number of fused-ring (bicyclic) bond motifs is 1. The zero-order valence-electron chi connectivity index (χ0n) is 13.8. The Bertz CT molecular complexity index is 1040. The highest BCUT2D eigenvalue weighted by Crippen LogP contribution is 2.15. The predicted molar refractivity (Wildman–Crippen MR) is 99.5 cm³/mol. The van der Waals surface area contributed by atoms with Crippen molar-refractivity contribution < 1.29 is 14.3 Å². The smallest absolute Gasteiger partial charge is 0.355 e. The Balaban J connectivity index is 1.73. The number of nitrogens with one attached hydrogen (secondary N) is 2. The van der Waals surface area contributed by atoms with Crippen molar-refractivity contribution in [1.29, 1.82) is 0 Å². The molecule has 2 N–H and O–H groups in total. The van der Waals surface area contributed by atoms with Crippen LogP contribution in [0.4, 0.5) is 5.69 Å². The third kappa shape index (κ3) is 3.92. The highest BCUT2D eigenvalue weighted by molar-refractivity contribution is 6.30. The van der Waals surface area contributed by atoms with E-state index in [-0.39, 0.29) is 11.1 Å². The maximum Gasteiger partial charge on any atom is 0.355 e. The van der Waals surface area contributed by atoms with Crippen LogP contribution in [0.2, 0.25) is 5.02 Å². The molecule has 0 fully saturated rings. The van der Waals surface area contributed by atoms with Crippen molar-refractivity contribution in [3.05, 3.63) is 75.5 Å². The minimum Gasteiger partial charge on any atom is -0.448 e. The lowest BCUT2D eigenvalue weighted by atomic mass is 10.2. The Kier molecular flexibility index (Phi) is 5.04. The molecule has 0 spiro atoms. The molecule has 0 aliphatic heterocycles. The second-order valence-corrected chi connectivity index (χ2v) is 6.08. The zero-order chi connectivity index (χ0) is 18.7. The van der Waals surface area contributed by atoms with E-state index in [1.807, 2.05) is 0 Å². The number of rotatable bonds is 4. The summed E-state index contributed by atoms with van der Waals surface area (Å²) >= 11 is 5.86. The summed E-state index contributed by atoms with van der Waals surface area (Å²) in [6, 6.07) is 14.6. The van der Waals surface area contributed by atoms with E-state index < -0.39 is 18.0 Å². The van der Waals surface area contributed by atoms with Crippen LogP contribution >= 0.6 is 11.6 Å². The maximum absolute atomic E-state index is 12.3. The number of pyridine rings is 1. The van der Waals surface area contributed by atoms with Gasteiger partial charge in [0, 0.05) is 27.7 Å². The molecule has 0 saturated heterocycles. The fourth-order valence-corrected chi connectivity index (χ4v) is 2.58. The fraction of sp³-hybridized carbons (Fsp3) is 0.105. The van der Waals surface area contributed by atoms with Gasteiger partial charge in [-0.1, -0.05) is 29.8 Å². The van der Waals surface area contributed by atoms with Gasteiger partial charge >= 0.3 is 5.97 Å². The average Bonchev–Trinajstić information content (AvgIpc) is 2.61. The predicted octanol–water partition coefficient (Wildman–Crippen LogP) is 3.37. The zero-order valence-corrected chi connectivity index (χ0v) is 14.5. The lowest BCUT2D eigenvalue weighted by Gasteiger charge is -2.14. The maximum atomic E-state index is 12.3. The number of amides is 1. The van der Waals surface area contributed by atoms with E-state index in [1.54, 1.807) is 48.5 Å². The van der Waals surface area contributed by atoms with E-state index in [2.05, 4.69) is 10.3 Å². The third-order valence-electron chi connectivity index (χ3n) is 3.70. The molecule has 0 radical (unpaired) electrons. The second-order valence-electron chi connectivity index (χ2n) is 5.64. The number of carbonyl (C=O) groups is 2. The number of carbonyl (C=O) groups excluding carboxylic acids is 2. The molecule has 0 unspecified atom stereocenters. The van der Waals surface area contributed by atoms with Gasteiger partial charge in [0.15, 0.2) is 11.5 Å². The molecule has 1 heterocycles. The largest absolute Gasteiger partial charge is 0.448 e. The van der Waals surface area contributed by atoms with E-state index in [0.29, 0.717) is 21.6 Å². The van der Waals surface area contributed by atoms with Gasteiger partial charge < -0.3 is 15.0 Å². The van der Waals surface area contributed by atoms with Crippen LogP contribution in [0.15, 0.2) is 59.4 Å². The van der Waals surface area contributed by atoms with Crippen LogP contribution in [0.5, 0.6) is 0 Å². The van der Waals surface area contributed by atoms with E-state index in [1.165, 1.54) is 6.92 Å². The summed E-state index contributed by atoms with van der Waals surface area (Å²) in [5, 5.41) is 3.55. The lowest BCUT2D eigenvalue weighted by molar-refractivity contribution is -0.123. The summed E-state index contributed by atoms with van der Waals surface area (Å²) in [6.45, 7) is 1.44. The number of hydrogen-bond donors (Lipinski definition) is 2. The summed E-state index contributed by atoms with van der Waals surface area (Å²) in [5.41, 5.74) is 0.686. The molecule has 0 saturated carbocycles. The number of benzene rings is 2. The molecule has 3 rings (SSSR count). The van der Waals surface area contributed by atoms with Crippen LogP contribution in [0.25, 0.3) is 10.9 Å². The minimum atomic E-state index is -1.06. The van der Waals surface area contributed by atoms with Gasteiger partial charge in [-0.2, -0.15) is 0 Å². The molecular weight excluding hydrogens is 356 g/mol. The van der Waals surface area contributed by atoms with E-state index in [0.717, 1.165) is 6.07 Å². The first-order chi connectivity index (χ1) is 12.4. The number of para-hydroxylation sites is 1. The first kappa shape index (κ1) is 17.7. The normalized spacial score (nSPS) is 11.8. The summed E-state index contributed by atoms with van der Waals surface area (Å²) in [5.74, 6) is -1.30. The molecule has 7 heteroatoms. The van der Waals surface area contributed by atoms with Crippen LogP contribution in [-0.2, 0) is 9.53 Å². The molecule has 132 valence electrons. The number of ether oxygens (including phenoxy) is 1. The molecule has 2 aromatic carbocycles. The van der Waals surface area contributed by atoms with Crippen LogP contribution in [-0.4, -0.2) is 23.0 Å². The number of aromatic amines is 1. The van der Waals surface area contributed by atoms with Gasteiger partial charge in [-0.3, -0.25) is 9.59 Å². The number of anilines is 1. The highest BCUT2D eigenvalue weighted by Gasteiger charge is 2.20. The first-order valence-electron chi connectivity index (χ1n) is 7.83. The summed E-state index contributed by atoms with van der Waals surface area (Å²) in [4.78, 5) is 39.4. The Morgan fingerprint density at radius 2 is 1.88 bits per heavy atom. The Morgan fingerprint density at radius 1 is 1.12 bits per heavy atom. The van der Waals surface area contributed by atoms with Crippen LogP contribution < -0.4 is 10.7 Å². The molecule has 26 heavy (non-hydrogen) atoms. The van der Waals surface area contributed by atoms with Gasteiger partial charge in [-0.25, -0.2) is 4.79 Å². The van der Waals surface area contributed by atoms with Crippen LogP contribution in [0, 0.1) is 0 Å². The third-order valence-corrected chi connectivity index (χ3v) is 3.94. The monoisotopic (exact) mass is 370 g/mol. The van der Waals surface area contributed by atoms with Crippen molar-refractivity contribution in [2.45, 2.75) is 13.0 Å². The SMILES string of the molecule is C[C@H](OC(=O)c1cc(=O)c2ccccc2[nH]1)C(=O)Nc1cccc(Cl)c1. The summed E-state index contributed by atoms with van der Waals surface area (Å²) in [7, 11) is 0. The number of halogens is 1. The molecule has 3 aromatic rings. The molecule has 1 aromatic heterocycles. The van der Waals surface area contributed by atoms with Gasteiger partial charge in [0.05, 0.1) is 0 Å². The topological polar surface area (TPSA) is 88.3 Å². The Labute approximate surface area is 153 Å². The average molecular weight is 371 g/mol. The van der Waals surface area contributed by atoms with E-state index >= 15 is 0 Å². The second kappa shape index (κ2) is 7.41. The van der Waals surface area contributed by atoms with Gasteiger partial charge in [0.2, 0.25) is 0 Å². The van der Waals surface area contributed by atoms with Crippen molar-refractivity contribution in [1.82, 2.24) is 4.98 Å². The molecule has 0 bridgehead atoms. The van der Waals surface area contributed by atoms with Gasteiger partial charge in [0.1, 0.15) is 5.69 Å². The quantitative estimate of drug-likeness (QED) is 0.689. The van der Waals surface area contributed by atoms with Crippen molar-refractivity contribution in [2.24, 2.45) is 0 Å². The first-order valence-corrected chi connectivity index (χ1v) is 8.21. The van der Waals surface area contributed by atoms with Crippen LogP contribution in [0.1, 0.15) is 17.4 Å². The van der Waals surface area contributed by atoms with E-state index in [4.69, 9.17) is 16.3 Å². The van der Waals surface area contributed by atoms with Crippen molar-refractivity contribution in [3.8, 4) is 0 Å². The summed E-state index contributed by atoms with van der Waals surface area (Å²) in [6.07, 6.45) is -1.06. The highest BCUT2D eigenvalue weighted by atomic mass is 35.5. The van der Waals surface area contributed by atoms with Crippen molar-refractivity contribution >= 4 is 40.1 Å². The molecule has 1 amide bonds. The Morgan fingerprint density at radius 3 is 2.65 bits per heavy atom. The van der Waals surface area contributed by atoms with E-state index in [9.17, 15) is 14.4 Å². The molecule has 6 nitrogen and oxygen atoms in total. The van der Waals surface area contributed by atoms with Crippen LogP contribution in [0.3, 0.4) is 0 Å². The Hall–Kier alpha value is -3.12. The van der Waals surface area contributed by atoms with Crippen molar-refractivity contribution in [2.75, 3.05) is 5.32 Å². The van der Waals surface area contributed by atoms with Gasteiger partial charge in [0.25, 0.3) is 5.91 Å². The summed E-state index contributed by atoms with van der Waals surface area (Å²) < 4.78 is 5.15. The molecule has 0 aliphatic carbocycles. The lowest BCUT2D eigenvalue weighted by Crippen LogP contribution is -2.30. The number of H-pyrrole nitrogens is 1. The van der Waals surface area contributed by atoms with Gasteiger partial charge in [-0.05, 0) is 37.3 Å². The standard InChI is InChI=1S/C19H15ClN2O4/c1-11(18(24)21-13-6-4-5-12(20)9-13)26-19(25)16-10-17(23)14-7-2-3-8-15(14)22-16/h2-11H,1H3,(H,21,24)(H,22,23)/t11-/m0/s1. The number of esters is 1. The molecule has 0 aliphatic rings. The minimum absolute atomic E-state index is 0.0175. The van der Waals surface area contributed by atoms with Crippen molar-refractivity contribution in [3.63, 3.8) is 0 Å². The number of hydrogen-bond acceptors (Lipinski definition) is 4. The molecule has 1 atom stereocenters.